The number of nitro benzene ring substituents is 1. The van der Waals surface area contributed by atoms with Crippen molar-refractivity contribution in [1.82, 2.24) is 9.78 Å². The topological polar surface area (TPSA) is 90.1 Å². The number of carbonyl (C=O) groups is 1. The minimum atomic E-state index is -0.445. The van der Waals surface area contributed by atoms with Gasteiger partial charge in [-0.15, -0.1) is 0 Å². The van der Waals surface area contributed by atoms with Crippen LogP contribution in [0, 0.1) is 17.0 Å². The van der Waals surface area contributed by atoms with Gasteiger partial charge in [-0.1, -0.05) is 32.6 Å². The Morgan fingerprint density at radius 3 is 2.52 bits per heavy atom. The van der Waals surface area contributed by atoms with Crippen LogP contribution in [0.3, 0.4) is 0 Å². The van der Waals surface area contributed by atoms with E-state index in [1.165, 1.54) is 25.0 Å². The highest BCUT2D eigenvalue weighted by Crippen LogP contribution is 2.20. The Labute approximate surface area is 147 Å². The fourth-order valence-corrected chi connectivity index (χ4v) is 2.60. The molecule has 0 aliphatic carbocycles. The highest BCUT2D eigenvalue weighted by Gasteiger charge is 2.12. The van der Waals surface area contributed by atoms with E-state index in [4.69, 9.17) is 0 Å². The molecule has 0 aliphatic heterocycles. The summed E-state index contributed by atoms with van der Waals surface area (Å²) in [6.07, 6.45) is 5.95. The minimum Gasteiger partial charge on any atom is -0.311 e. The number of carbonyl (C=O) groups excluding carboxylic acids is 1. The van der Waals surface area contributed by atoms with Crippen molar-refractivity contribution in [1.29, 1.82) is 0 Å². The molecule has 1 heterocycles. The number of nitro groups is 1. The molecule has 1 amide bonds. The average molecular weight is 344 g/mol. The van der Waals surface area contributed by atoms with Gasteiger partial charge in [0.1, 0.15) is 5.82 Å². The van der Waals surface area contributed by atoms with Crippen molar-refractivity contribution in [2.75, 3.05) is 5.32 Å². The predicted molar refractivity (Wildman–Crippen MR) is 97.0 cm³/mol. The van der Waals surface area contributed by atoms with Gasteiger partial charge < -0.3 is 5.32 Å². The number of hydrogen-bond acceptors (Lipinski definition) is 4. The zero-order valence-electron chi connectivity index (χ0n) is 14.7. The van der Waals surface area contributed by atoms with E-state index in [0.717, 1.165) is 25.0 Å². The van der Waals surface area contributed by atoms with Crippen LogP contribution in [-0.4, -0.2) is 20.6 Å². The van der Waals surface area contributed by atoms with Crippen LogP contribution in [0.4, 0.5) is 11.5 Å². The maximum Gasteiger partial charge on any atom is 0.269 e. The Bertz CT molecular complexity index is 722. The number of aromatic nitrogens is 2. The van der Waals surface area contributed by atoms with E-state index in [1.807, 2.05) is 6.92 Å². The predicted octanol–water partition coefficient (Wildman–Crippen LogP) is 4.39. The molecule has 1 aromatic heterocycles. The molecule has 1 aromatic carbocycles. The molecular weight excluding hydrogens is 320 g/mol. The molecule has 7 heteroatoms. The van der Waals surface area contributed by atoms with Gasteiger partial charge >= 0.3 is 0 Å². The molecule has 134 valence electrons. The van der Waals surface area contributed by atoms with Crippen molar-refractivity contribution in [2.45, 2.75) is 52.4 Å². The Morgan fingerprint density at radius 1 is 1.20 bits per heavy atom. The van der Waals surface area contributed by atoms with Gasteiger partial charge in [0.25, 0.3) is 5.69 Å². The number of hydrogen-bond donors (Lipinski definition) is 1. The second kappa shape index (κ2) is 8.96. The molecule has 25 heavy (non-hydrogen) atoms. The lowest BCUT2D eigenvalue weighted by atomic mass is 10.1. The highest BCUT2D eigenvalue weighted by atomic mass is 16.6. The number of aryl methyl sites for hydroxylation is 1. The van der Waals surface area contributed by atoms with Gasteiger partial charge in [-0.25, -0.2) is 4.68 Å². The Morgan fingerprint density at radius 2 is 1.88 bits per heavy atom. The van der Waals surface area contributed by atoms with Crippen molar-refractivity contribution >= 4 is 17.4 Å². The van der Waals surface area contributed by atoms with Crippen LogP contribution in [0.15, 0.2) is 30.3 Å². The summed E-state index contributed by atoms with van der Waals surface area (Å²) < 4.78 is 1.59. The van der Waals surface area contributed by atoms with E-state index in [-0.39, 0.29) is 11.6 Å². The molecule has 0 fully saturated rings. The van der Waals surface area contributed by atoms with Crippen LogP contribution in [0.2, 0.25) is 0 Å². The van der Waals surface area contributed by atoms with Gasteiger partial charge in [-0.2, -0.15) is 5.10 Å². The van der Waals surface area contributed by atoms with Gasteiger partial charge in [0, 0.05) is 24.6 Å². The smallest absolute Gasteiger partial charge is 0.269 e. The first-order valence-corrected chi connectivity index (χ1v) is 8.62. The van der Waals surface area contributed by atoms with Crippen LogP contribution in [0.1, 0.15) is 51.1 Å². The Balaban J connectivity index is 2.02. The minimum absolute atomic E-state index is 0.0188. The van der Waals surface area contributed by atoms with Crippen molar-refractivity contribution in [3.63, 3.8) is 0 Å². The molecule has 1 N–H and O–H groups in total. The van der Waals surface area contributed by atoms with Crippen LogP contribution in [-0.2, 0) is 4.79 Å². The first-order valence-electron chi connectivity index (χ1n) is 8.62. The summed E-state index contributed by atoms with van der Waals surface area (Å²) in [5.41, 5.74) is 1.44. The SMILES string of the molecule is CCCCCCCC(=O)Nc1cc(C)nn1-c1ccc([N+](=O)[O-])cc1. The zero-order chi connectivity index (χ0) is 18.2. The van der Waals surface area contributed by atoms with Gasteiger partial charge in [0.05, 0.1) is 16.3 Å². The van der Waals surface area contributed by atoms with Gasteiger partial charge in [-0.05, 0) is 25.5 Å². The molecule has 2 rings (SSSR count). The van der Waals surface area contributed by atoms with E-state index in [9.17, 15) is 14.9 Å². The number of non-ortho nitro benzene ring substituents is 1. The first-order chi connectivity index (χ1) is 12.0. The third kappa shape index (κ3) is 5.41. The summed E-state index contributed by atoms with van der Waals surface area (Å²) in [4.78, 5) is 22.5. The van der Waals surface area contributed by atoms with Gasteiger partial charge in [-0.3, -0.25) is 14.9 Å². The molecule has 0 radical (unpaired) electrons. The standard InChI is InChI=1S/C18H24N4O3/c1-3-4-5-6-7-8-18(23)19-17-13-14(2)20-21(17)15-9-11-16(12-10-15)22(24)25/h9-13H,3-8H2,1-2H3,(H,19,23). The van der Waals surface area contributed by atoms with Gasteiger partial charge in [0.2, 0.25) is 5.91 Å². The monoisotopic (exact) mass is 344 g/mol. The number of benzene rings is 1. The quantitative estimate of drug-likeness (QED) is 0.415. The van der Waals surface area contributed by atoms with Crippen molar-refractivity contribution in [3.8, 4) is 5.69 Å². The fourth-order valence-electron chi connectivity index (χ4n) is 2.60. The zero-order valence-corrected chi connectivity index (χ0v) is 14.7. The lowest BCUT2D eigenvalue weighted by Gasteiger charge is -2.09. The number of anilines is 1. The molecular formula is C18H24N4O3. The molecule has 0 aliphatic rings. The van der Waals surface area contributed by atoms with Crippen LogP contribution >= 0.6 is 0 Å². The molecule has 0 atom stereocenters. The molecule has 2 aromatic rings. The van der Waals surface area contributed by atoms with E-state index in [1.54, 1.807) is 22.9 Å². The molecule has 0 spiro atoms. The number of rotatable bonds is 9. The lowest BCUT2D eigenvalue weighted by molar-refractivity contribution is -0.384. The van der Waals surface area contributed by atoms with Crippen LogP contribution < -0.4 is 5.32 Å². The number of nitrogens with zero attached hydrogens (tertiary/aromatic N) is 3. The Hall–Kier alpha value is -2.70. The first kappa shape index (κ1) is 18.6. The number of amides is 1. The van der Waals surface area contributed by atoms with E-state index in [2.05, 4.69) is 17.3 Å². The summed E-state index contributed by atoms with van der Waals surface area (Å²) in [5, 5.41) is 18.0. The van der Waals surface area contributed by atoms with Gasteiger partial charge in [0.15, 0.2) is 0 Å². The summed E-state index contributed by atoms with van der Waals surface area (Å²) in [6.45, 7) is 4.00. The molecule has 0 saturated heterocycles. The second-order valence-corrected chi connectivity index (χ2v) is 6.07. The summed E-state index contributed by atoms with van der Waals surface area (Å²) in [6, 6.07) is 7.86. The lowest BCUT2D eigenvalue weighted by Crippen LogP contribution is -2.14. The number of nitrogens with one attached hydrogen (secondary N) is 1. The Kier molecular flexibility index (Phi) is 6.68. The summed E-state index contributed by atoms with van der Waals surface area (Å²) in [7, 11) is 0. The summed E-state index contributed by atoms with van der Waals surface area (Å²) in [5.74, 6) is 0.532. The van der Waals surface area contributed by atoms with E-state index in [0.29, 0.717) is 17.9 Å². The van der Waals surface area contributed by atoms with Crippen molar-refractivity contribution in [3.05, 3.63) is 46.1 Å². The maximum absolute atomic E-state index is 12.1. The molecule has 0 bridgehead atoms. The largest absolute Gasteiger partial charge is 0.311 e. The fraction of sp³-hybridized carbons (Fsp3) is 0.444. The average Bonchev–Trinajstić information content (AvgIpc) is 2.95. The second-order valence-electron chi connectivity index (χ2n) is 6.07. The van der Waals surface area contributed by atoms with Crippen molar-refractivity contribution < 1.29 is 9.72 Å². The number of unbranched alkanes of at least 4 members (excludes halogenated alkanes) is 4. The normalized spacial score (nSPS) is 10.6. The van der Waals surface area contributed by atoms with Crippen molar-refractivity contribution in [2.24, 2.45) is 0 Å². The van der Waals surface area contributed by atoms with Crippen LogP contribution in [0.25, 0.3) is 5.69 Å². The summed E-state index contributed by atoms with van der Waals surface area (Å²) >= 11 is 0. The molecule has 0 unspecified atom stereocenters. The van der Waals surface area contributed by atoms with Crippen LogP contribution in [0.5, 0.6) is 0 Å². The highest BCUT2D eigenvalue weighted by molar-refractivity contribution is 5.90. The third-order valence-electron chi connectivity index (χ3n) is 3.91. The molecule has 0 saturated carbocycles. The molecule has 7 nitrogen and oxygen atoms in total. The third-order valence-corrected chi connectivity index (χ3v) is 3.91. The maximum atomic E-state index is 12.1. The van der Waals surface area contributed by atoms with E-state index < -0.39 is 4.92 Å². The van der Waals surface area contributed by atoms with E-state index >= 15 is 0 Å².